The Morgan fingerprint density at radius 2 is 2.00 bits per heavy atom. The Labute approximate surface area is 140 Å². The highest BCUT2D eigenvalue weighted by atomic mass is 19.1. The molecule has 0 N–H and O–H groups in total. The van der Waals surface area contributed by atoms with Crippen molar-refractivity contribution in [2.45, 2.75) is 13.0 Å². The highest BCUT2D eigenvalue weighted by molar-refractivity contribution is 5.97. The van der Waals surface area contributed by atoms with Crippen LogP contribution in [0.1, 0.15) is 17.3 Å². The van der Waals surface area contributed by atoms with Gasteiger partial charge in [-0.15, -0.1) is 0 Å². The monoisotopic (exact) mass is 329 g/mol. The lowest BCUT2D eigenvalue weighted by atomic mass is 10.1. The van der Waals surface area contributed by atoms with Crippen molar-refractivity contribution in [2.24, 2.45) is 0 Å². The smallest absolute Gasteiger partial charge is 0.257 e. The van der Waals surface area contributed by atoms with Gasteiger partial charge in [-0.05, 0) is 31.2 Å². The van der Waals surface area contributed by atoms with E-state index < -0.39 is 5.95 Å². The molecule has 1 saturated heterocycles. The molecule has 1 amide bonds. The number of halogens is 1. The van der Waals surface area contributed by atoms with Crippen molar-refractivity contribution in [1.82, 2.24) is 9.88 Å². The van der Waals surface area contributed by atoms with E-state index in [2.05, 4.69) is 4.98 Å². The summed E-state index contributed by atoms with van der Waals surface area (Å²) < 4.78 is 18.6. The molecule has 1 aromatic heterocycles. The van der Waals surface area contributed by atoms with Crippen LogP contribution in [-0.4, -0.2) is 48.6 Å². The second kappa shape index (κ2) is 6.86. The maximum atomic E-state index is 13.3. The summed E-state index contributed by atoms with van der Waals surface area (Å²) in [6.45, 7) is 3.72. The summed E-state index contributed by atoms with van der Waals surface area (Å²) in [5.41, 5.74) is 0.560. The number of nitrogens with zero attached hydrogens (tertiary/aromatic N) is 3. The summed E-state index contributed by atoms with van der Waals surface area (Å²) in [5.74, 6) is 0.634. The second-order valence-corrected chi connectivity index (χ2v) is 5.81. The SMILES string of the molecule is COc1ccccc1C(=O)N1CCN(c2cccc(F)n2)C(C)C1. The molecule has 0 radical (unpaired) electrons. The van der Waals surface area contributed by atoms with Crippen LogP contribution in [0.4, 0.5) is 10.2 Å². The first-order valence-electron chi connectivity index (χ1n) is 7.91. The number of carbonyl (C=O) groups is 1. The van der Waals surface area contributed by atoms with Crippen LogP contribution in [0.25, 0.3) is 0 Å². The number of methoxy groups -OCH3 is 1. The summed E-state index contributed by atoms with van der Waals surface area (Å²) >= 11 is 0. The third-order valence-electron chi connectivity index (χ3n) is 4.25. The molecule has 0 aliphatic carbocycles. The third kappa shape index (κ3) is 3.18. The molecule has 1 aromatic carbocycles. The first kappa shape index (κ1) is 16.2. The van der Waals surface area contributed by atoms with Gasteiger partial charge in [0.05, 0.1) is 12.7 Å². The minimum Gasteiger partial charge on any atom is -0.496 e. The Morgan fingerprint density at radius 1 is 1.21 bits per heavy atom. The van der Waals surface area contributed by atoms with Crippen molar-refractivity contribution in [3.8, 4) is 5.75 Å². The van der Waals surface area contributed by atoms with Gasteiger partial charge in [0.2, 0.25) is 5.95 Å². The van der Waals surface area contributed by atoms with Gasteiger partial charge in [0.1, 0.15) is 11.6 Å². The molecule has 0 spiro atoms. The van der Waals surface area contributed by atoms with Crippen LogP contribution in [0.2, 0.25) is 0 Å². The average Bonchev–Trinajstić information content (AvgIpc) is 2.61. The average molecular weight is 329 g/mol. The van der Waals surface area contributed by atoms with Crippen molar-refractivity contribution in [3.05, 3.63) is 54.0 Å². The zero-order valence-electron chi connectivity index (χ0n) is 13.8. The van der Waals surface area contributed by atoms with Crippen molar-refractivity contribution < 1.29 is 13.9 Å². The number of hydrogen-bond donors (Lipinski definition) is 0. The van der Waals surface area contributed by atoms with Gasteiger partial charge in [0, 0.05) is 25.7 Å². The van der Waals surface area contributed by atoms with Gasteiger partial charge in [-0.1, -0.05) is 18.2 Å². The molecule has 0 saturated carbocycles. The Hall–Kier alpha value is -2.63. The number of hydrogen-bond acceptors (Lipinski definition) is 4. The number of para-hydroxylation sites is 1. The number of anilines is 1. The van der Waals surface area contributed by atoms with E-state index in [1.54, 1.807) is 36.3 Å². The molecule has 6 heteroatoms. The topological polar surface area (TPSA) is 45.7 Å². The molecular weight excluding hydrogens is 309 g/mol. The van der Waals surface area contributed by atoms with Gasteiger partial charge in [0.25, 0.3) is 5.91 Å². The molecule has 2 heterocycles. The van der Waals surface area contributed by atoms with Crippen LogP contribution in [0, 0.1) is 5.95 Å². The van der Waals surface area contributed by atoms with Crippen molar-refractivity contribution >= 4 is 11.7 Å². The van der Waals surface area contributed by atoms with Gasteiger partial charge < -0.3 is 14.5 Å². The van der Waals surface area contributed by atoms with Crippen LogP contribution in [-0.2, 0) is 0 Å². The number of rotatable bonds is 3. The summed E-state index contributed by atoms with van der Waals surface area (Å²) in [6, 6.07) is 12.0. The molecule has 2 aromatic rings. The normalized spacial score (nSPS) is 17.7. The van der Waals surface area contributed by atoms with Gasteiger partial charge in [-0.25, -0.2) is 4.98 Å². The predicted octanol–water partition coefficient (Wildman–Crippen LogP) is 2.58. The number of benzene rings is 1. The highest BCUT2D eigenvalue weighted by Gasteiger charge is 2.29. The lowest BCUT2D eigenvalue weighted by Crippen LogP contribution is -2.54. The fourth-order valence-corrected chi connectivity index (χ4v) is 3.03. The van der Waals surface area contributed by atoms with Gasteiger partial charge in [0.15, 0.2) is 0 Å². The minimum atomic E-state index is -0.493. The second-order valence-electron chi connectivity index (χ2n) is 5.81. The molecule has 126 valence electrons. The van der Waals surface area contributed by atoms with Crippen molar-refractivity contribution in [3.63, 3.8) is 0 Å². The molecule has 1 fully saturated rings. The molecule has 1 unspecified atom stereocenters. The first-order valence-corrected chi connectivity index (χ1v) is 7.91. The van der Waals surface area contributed by atoms with E-state index in [-0.39, 0.29) is 11.9 Å². The summed E-state index contributed by atoms with van der Waals surface area (Å²) in [5, 5.41) is 0. The van der Waals surface area contributed by atoms with E-state index in [0.717, 1.165) is 0 Å². The lowest BCUT2D eigenvalue weighted by Gasteiger charge is -2.40. The number of carbonyl (C=O) groups excluding carboxylic acids is 1. The maximum absolute atomic E-state index is 13.3. The molecule has 1 atom stereocenters. The number of piperazine rings is 1. The molecule has 1 aliphatic rings. The van der Waals surface area contributed by atoms with Crippen molar-refractivity contribution in [2.75, 3.05) is 31.6 Å². The lowest BCUT2D eigenvalue weighted by molar-refractivity contribution is 0.0722. The number of amides is 1. The van der Waals surface area contributed by atoms with Gasteiger partial charge >= 0.3 is 0 Å². The molecule has 1 aliphatic heterocycles. The van der Waals surface area contributed by atoms with Crippen LogP contribution < -0.4 is 9.64 Å². The van der Waals surface area contributed by atoms with Crippen LogP contribution >= 0.6 is 0 Å². The Bertz CT molecular complexity index is 738. The fourth-order valence-electron chi connectivity index (χ4n) is 3.03. The Kier molecular flexibility index (Phi) is 4.64. The van der Waals surface area contributed by atoms with E-state index >= 15 is 0 Å². The standard InChI is InChI=1S/C18H20FN3O2/c1-13-12-21(18(23)14-6-3-4-7-15(14)24-2)10-11-22(13)17-9-5-8-16(19)20-17/h3-9,13H,10-12H2,1-2H3. The van der Waals surface area contributed by atoms with Crippen LogP contribution in [0.15, 0.2) is 42.5 Å². The van der Waals surface area contributed by atoms with E-state index in [1.807, 2.05) is 24.0 Å². The number of pyridine rings is 1. The highest BCUT2D eigenvalue weighted by Crippen LogP contribution is 2.23. The Balaban J connectivity index is 1.74. The molecular formula is C18H20FN3O2. The largest absolute Gasteiger partial charge is 0.496 e. The fraction of sp³-hybridized carbons (Fsp3) is 0.333. The quantitative estimate of drug-likeness (QED) is 0.812. The number of aromatic nitrogens is 1. The van der Waals surface area contributed by atoms with E-state index in [4.69, 9.17) is 4.74 Å². The zero-order valence-corrected chi connectivity index (χ0v) is 13.8. The predicted molar refractivity (Wildman–Crippen MR) is 89.9 cm³/mol. The van der Waals surface area contributed by atoms with Gasteiger partial charge in [-0.3, -0.25) is 4.79 Å². The van der Waals surface area contributed by atoms with Crippen molar-refractivity contribution in [1.29, 1.82) is 0 Å². The van der Waals surface area contributed by atoms with Crippen LogP contribution in [0.5, 0.6) is 5.75 Å². The molecule has 0 bridgehead atoms. The zero-order chi connectivity index (χ0) is 17.1. The third-order valence-corrected chi connectivity index (χ3v) is 4.25. The molecule has 3 rings (SSSR count). The Morgan fingerprint density at radius 3 is 2.71 bits per heavy atom. The summed E-state index contributed by atoms with van der Waals surface area (Å²) in [7, 11) is 1.56. The number of ether oxygens (including phenoxy) is 1. The molecule has 5 nitrogen and oxygen atoms in total. The van der Waals surface area contributed by atoms with Gasteiger partial charge in [-0.2, -0.15) is 4.39 Å². The van der Waals surface area contributed by atoms with E-state index in [9.17, 15) is 9.18 Å². The van der Waals surface area contributed by atoms with E-state index in [1.165, 1.54) is 6.07 Å². The first-order chi connectivity index (χ1) is 11.6. The summed E-state index contributed by atoms with van der Waals surface area (Å²) in [6.07, 6.45) is 0. The van der Waals surface area contributed by atoms with Crippen LogP contribution in [0.3, 0.4) is 0 Å². The minimum absolute atomic E-state index is 0.0479. The molecule has 24 heavy (non-hydrogen) atoms. The maximum Gasteiger partial charge on any atom is 0.257 e. The summed E-state index contributed by atoms with van der Waals surface area (Å²) in [4.78, 5) is 20.5. The van der Waals surface area contributed by atoms with E-state index in [0.29, 0.717) is 36.8 Å².